The van der Waals surface area contributed by atoms with Crippen LogP contribution in [0, 0.1) is 0 Å². The molecule has 0 aliphatic heterocycles. The van der Waals surface area contributed by atoms with Crippen LogP contribution in [0.15, 0.2) is 0 Å². The molecule has 0 fully saturated rings. The number of nitrogens with one attached hydrogen (secondary N) is 1. The molecule has 1 aliphatic carbocycles. The van der Waals surface area contributed by atoms with Crippen LogP contribution in [0.3, 0.4) is 0 Å². The van der Waals surface area contributed by atoms with Gasteiger partial charge >= 0.3 is 0 Å². The van der Waals surface area contributed by atoms with Gasteiger partial charge in [-0.15, -0.1) is 11.3 Å². The third kappa shape index (κ3) is 3.41. The fraction of sp³-hybridized carbons (Fsp3) is 0.812. The minimum absolute atomic E-state index is 0.0927. The lowest BCUT2D eigenvalue weighted by Crippen LogP contribution is -2.46. The van der Waals surface area contributed by atoms with Gasteiger partial charge in [-0.05, 0) is 53.0 Å². The van der Waals surface area contributed by atoms with Crippen molar-refractivity contribution in [3.63, 3.8) is 0 Å². The van der Waals surface area contributed by atoms with Crippen LogP contribution in [0.25, 0.3) is 0 Å². The van der Waals surface area contributed by atoms with Crippen LogP contribution in [-0.4, -0.2) is 24.2 Å². The molecular formula is C16H28N2OS. The van der Waals surface area contributed by atoms with Gasteiger partial charge in [-0.3, -0.25) is 0 Å². The van der Waals surface area contributed by atoms with E-state index in [4.69, 9.17) is 9.72 Å². The maximum atomic E-state index is 5.65. The van der Waals surface area contributed by atoms with E-state index in [1.54, 1.807) is 7.11 Å². The minimum Gasteiger partial charge on any atom is -0.379 e. The predicted octanol–water partition coefficient (Wildman–Crippen LogP) is 3.66. The van der Waals surface area contributed by atoms with Crippen LogP contribution in [0.4, 0.5) is 0 Å². The van der Waals surface area contributed by atoms with Gasteiger partial charge in [0.1, 0.15) is 5.01 Å². The first kappa shape index (κ1) is 15.9. The molecule has 1 N–H and O–H groups in total. The normalized spacial score (nSPS) is 18.1. The molecule has 0 bridgehead atoms. The summed E-state index contributed by atoms with van der Waals surface area (Å²) in [5.74, 6) is 0. The molecule has 0 saturated heterocycles. The van der Waals surface area contributed by atoms with Gasteiger partial charge < -0.3 is 10.1 Å². The van der Waals surface area contributed by atoms with E-state index in [2.05, 4.69) is 33.0 Å². The number of aromatic nitrogens is 1. The standard InChI is InChI=1S/C16H28N2OS/c1-6-10-17-16(4,11-15(2,3)19-5)14-18-12-8-7-9-13(12)20-14/h17H,6-11H2,1-5H3. The van der Waals surface area contributed by atoms with Crippen LogP contribution in [0.5, 0.6) is 0 Å². The van der Waals surface area contributed by atoms with Gasteiger partial charge in [-0.25, -0.2) is 4.98 Å². The van der Waals surface area contributed by atoms with Crippen molar-refractivity contribution in [1.29, 1.82) is 0 Å². The van der Waals surface area contributed by atoms with Crippen molar-refractivity contribution < 1.29 is 4.74 Å². The number of ether oxygens (including phenoxy) is 1. The summed E-state index contributed by atoms with van der Waals surface area (Å²) in [6, 6.07) is 0. The molecule has 4 heteroatoms. The molecule has 1 atom stereocenters. The van der Waals surface area contributed by atoms with E-state index in [1.165, 1.54) is 28.4 Å². The van der Waals surface area contributed by atoms with Crippen molar-refractivity contribution in [2.45, 2.75) is 70.9 Å². The Hall–Kier alpha value is -0.450. The largest absolute Gasteiger partial charge is 0.379 e. The highest BCUT2D eigenvalue weighted by molar-refractivity contribution is 7.12. The fourth-order valence-corrected chi connectivity index (χ4v) is 4.24. The monoisotopic (exact) mass is 296 g/mol. The minimum atomic E-state index is -0.147. The third-order valence-electron chi connectivity index (χ3n) is 4.16. The van der Waals surface area contributed by atoms with Gasteiger partial charge in [0.2, 0.25) is 0 Å². The third-order valence-corrected chi connectivity index (χ3v) is 5.59. The predicted molar refractivity (Wildman–Crippen MR) is 85.5 cm³/mol. The topological polar surface area (TPSA) is 34.1 Å². The Morgan fingerprint density at radius 2 is 2.05 bits per heavy atom. The zero-order chi connectivity index (χ0) is 14.8. The number of fused-ring (bicyclic) bond motifs is 1. The van der Waals surface area contributed by atoms with Crippen molar-refractivity contribution in [1.82, 2.24) is 10.3 Å². The van der Waals surface area contributed by atoms with Crippen LogP contribution < -0.4 is 5.32 Å². The Morgan fingerprint density at radius 1 is 1.30 bits per heavy atom. The van der Waals surface area contributed by atoms with Gasteiger partial charge in [-0.1, -0.05) is 6.92 Å². The molecule has 1 heterocycles. The molecule has 0 amide bonds. The SMILES string of the molecule is CCCNC(C)(CC(C)(C)OC)c1nc2c(s1)CCC2. The molecular weight excluding hydrogens is 268 g/mol. The molecule has 1 aliphatic rings. The summed E-state index contributed by atoms with van der Waals surface area (Å²) in [5, 5.41) is 4.95. The summed E-state index contributed by atoms with van der Waals surface area (Å²) in [4.78, 5) is 6.43. The molecule has 20 heavy (non-hydrogen) atoms. The van der Waals surface area contributed by atoms with E-state index in [-0.39, 0.29) is 11.1 Å². The van der Waals surface area contributed by atoms with Crippen LogP contribution >= 0.6 is 11.3 Å². The summed E-state index contributed by atoms with van der Waals surface area (Å²) in [7, 11) is 1.79. The Balaban J connectivity index is 2.25. The van der Waals surface area contributed by atoms with Crippen molar-refractivity contribution in [2.75, 3.05) is 13.7 Å². The second kappa shape index (κ2) is 6.12. The van der Waals surface area contributed by atoms with Crippen LogP contribution in [-0.2, 0) is 23.1 Å². The first-order valence-electron chi connectivity index (χ1n) is 7.69. The highest BCUT2D eigenvalue weighted by Gasteiger charge is 2.37. The number of thiazole rings is 1. The molecule has 0 aromatic carbocycles. The lowest BCUT2D eigenvalue weighted by atomic mass is 9.88. The molecule has 114 valence electrons. The first-order valence-corrected chi connectivity index (χ1v) is 8.51. The second-order valence-corrected chi connectivity index (χ2v) is 7.73. The summed E-state index contributed by atoms with van der Waals surface area (Å²) in [6.07, 6.45) is 5.71. The lowest BCUT2D eigenvalue weighted by molar-refractivity contribution is -0.00727. The maximum absolute atomic E-state index is 5.65. The van der Waals surface area contributed by atoms with Crippen molar-refractivity contribution in [2.24, 2.45) is 0 Å². The molecule has 2 rings (SSSR count). The van der Waals surface area contributed by atoms with E-state index >= 15 is 0 Å². The highest BCUT2D eigenvalue weighted by Crippen LogP contribution is 2.37. The number of methoxy groups -OCH3 is 1. The number of aryl methyl sites for hydroxylation is 2. The summed E-state index contributed by atoms with van der Waals surface area (Å²) >= 11 is 1.90. The van der Waals surface area contributed by atoms with Gasteiger partial charge in [0.15, 0.2) is 0 Å². The molecule has 1 aromatic heterocycles. The van der Waals surface area contributed by atoms with E-state index in [9.17, 15) is 0 Å². The molecule has 3 nitrogen and oxygen atoms in total. The van der Waals surface area contributed by atoms with Gasteiger partial charge in [0, 0.05) is 18.4 Å². The van der Waals surface area contributed by atoms with E-state index < -0.39 is 0 Å². The second-order valence-electron chi connectivity index (χ2n) is 6.64. The molecule has 0 radical (unpaired) electrons. The fourth-order valence-electron chi connectivity index (χ4n) is 2.96. The number of rotatable bonds is 7. The smallest absolute Gasteiger partial charge is 0.113 e. The Morgan fingerprint density at radius 3 is 2.65 bits per heavy atom. The van der Waals surface area contributed by atoms with Crippen molar-refractivity contribution >= 4 is 11.3 Å². The Kier molecular flexibility index (Phi) is 4.88. The zero-order valence-corrected chi connectivity index (χ0v) is 14.3. The van der Waals surface area contributed by atoms with E-state index in [0.717, 1.165) is 25.8 Å². The van der Waals surface area contributed by atoms with Crippen molar-refractivity contribution in [3.05, 3.63) is 15.6 Å². The van der Waals surface area contributed by atoms with Gasteiger partial charge in [-0.2, -0.15) is 0 Å². The highest BCUT2D eigenvalue weighted by atomic mass is 32.1. The molecule has 1 aromatic rings. The lowest BCUT2D eigenvalue weighted by Gasteiger charge is -2.36. The number of nitrogens with zero attached hydrogens (tertiary/aromatic N) is 1. The Labute approximate surface area is 127 Å². The summed E-state index contributed by atoms with van der Waals surface area (Å²) in [5.41, 5.74) is 1.10. The zero-order valence-electron chi connectivity index (χ0n) is 13.5. The Bertz CT molecular complexity index is 434. The number of hydrogen-bond acceptors (Lipinski definition) is 4. The number of hydrogen-bond donors (Lipinski definition) is 1. The molecule has 1 unspecified atom stereocenters. The summed E-state index contributed by atoms with van der Waals surface area (Å²) < 4.78 is 5.65. The van der Waals surface area contributed by atoms with Gasteiger partial charge in [0.05, 0.1) is 16.8 Å². The van der Waals surface area contributed by atoms with Gasteiger partial charge in [0.25, 0.3) is 0 Å². The van der Waals surface area contributed by atoms with E-state index in [0.29, 0.717) is 0 Å². The summed E-state index contributed by atoms with van der Waals surface area (Å²) in [6.45, 7) is 9.80. The average molecular weight is 296 g/mol. The van der Waals surface area contributed by atoms with Crippen molar-refractivity contribution in [3.8, 4) is 0 Å². The quantitative estimate of drug-likeness (QED) is 0.834. The molecule has 0 spiro atoms. The first-order chi connectivity index (χ1) is 9.40. The van der Waals surface area contributed by atoms with Crippen LogP contribution in [0.1, 0.15) is 62.5 Å². The van der Waals surface area contributed by atoms with Crippen LogP contribution in [0.2, 0.25) is 0 Å². The van der Waals surface area contributed by atoms with E-state index in [1.807, 2.05) is 11.3 Å². The average Bonchev–Trinajstić information content (AvgIpc) is 2.97. The molecule has 0 saturated carbocycles. The maximum Gasteiger partial charge on any atom is 0.113 e.